The summed E-state index contributed by atoms with van der Waals surface area (Å²) in [6, 6.07) is 0.641. The van der Waals surface area contributed by atoms with Crippen molar-refractivity contribution in [3.8, 4) is 0 Å². The molecule has 0 spiro atoms. The van der Waals surface area contributed by atoms with Crippen LogP contribution in [0.4, 0.5) is 17.6 Å². The SMILES string of the molecule is Fc1ncc(Br)cc1C(F)(F)F. The van der Waals surface area contributed by atoms with Crippen LogP contribution < -0.4 is 0 Å². The summed E-state index contributed by atoms with van der Waals surface area (Å²) in [6.45, 7) is 0. The molecule has 0 unspecified atom stereocenters. The van der Waals surface area contributed by atoms with Gasteiger partial charge in [0.1, 0.15) is 5.56 Å². The molecule has 1 rings (SSSR count). The Bertz CT molecular complexity index is 296. The van der Waals surface area contributed by atoms with E-state index in [1.807, 2.05) is 0 Å². The number of hydrogen-bond donors (Lipinski definition) is 0. The minimum Gasteiger partial charge on any atom is -0.227 e. The van der Waals surface area contributed by atoms with Gasteiger partial charge in [-0.3, -0.25) is 0 Å². The van der Waals surface area contributed by atoms with Gasteiger partial charge in [-0.2, -0.15) is 17.6 Å². The van der Waals surface area contributed by atoms with Crippen molar-refractivity contribution in [3.63, 3.8) is 0 Å². The molecule has 0 fully saturated rings. The van der Waals surface area contributed by atoms with Crippen LogP contribution in [0.1, 0.15) is 5.56 Å². The van der Waals surface area contributed by atoms with E-state index >= 15 is 0 Å². The van der Waals surface area contributed by atoms with Crippen LogP contribution in [0, 0.1) is 5.95 Å². The van der Waals surface area contributed by atoms with Gasteiger partial charge >= 0.3 is 6.18 Å². The molecule has 0 aromatic carbocycles. The van der Waals surface area contributed by atoms with E-state index in [-0.39, 0.29) is 4.47 Å². The number of halogens is 5. The molecule has 0 N–H and O–H groups in total. The molecule has 0 atom stereocenters. The lowest BCUT2D eigenvalue weighted by Crippen LogP contribution is -2.09. The number of aromatic nitrogens is 1. The molecule has 0 aliphatic rings. The molecule has 1 aromatic heterocycles. The topological polar surface area (TPSA) is 12.9 Å². The number of rotatable bonds is 0. The van der Waals surface area contributed by atoms with E-state index in [0.717, 1.165) is 6.20 Å². The molecule has 0 radical (unpaired) electrons. The highest BCUT2D eigenvalue weighted by Gasteiger charge is 2.34. The minimum absolute atomic E-state index is 0.0937. The van der Waals surface area contributed by atoms with E-state index in [9.17, 15) is 17.6 Å². The van der Waals surface area contributed by atoms with Crippen molar-refractivity contribution in [1.29, 1.82) is 0 Å². The molecule has 1 heterocycles. The third-order valence-corrected chi connectivity index (χ3v) is 1.54. The summed E-state index contributed by atoms with van der Waals surface area (Å²) in [5.41, 5.74) is -1.36. The number of nitrogens with zero attached hydrogens (tertiary/aromatic N) is 1. The molecule has 66 valence electrons. The number of pyridine rings is 1. The summed E-state index contributed by atoms with van der Waals surface area (Å²) in [7, 11) is 0. The van der Waals surface area contributed by atoms with E-state index < -0.39 is 17.7 Å². The monoisotopic (exact) mass is 243 g/mol. The van der Waals surface area contributed by atoms with Gasteiger partial charge in [0.15, 0.2) is 0 Å². The molecule has 0 bridgehead atoms. The van der Waals surface area contributed by atoms with Gasteiger partial charge in [0.05, 0.1) is 0 Å². The van der Waals surface area contributed by atoms with E-state index in [1.165, 1.54) is 0 Å². The molecular weight excluding hydrogens is 242 g/mol. The van der Waals surface area contributed by atoms with Crippen LogP contribution in [0.3, 0.4) is 0 Å². The standard InChI is InChI=1S/C6H2BrF4N/c7-3-1-4(6(9,10)11)5(8)12-2-3/h1-2H. The van der Waals surface area contributed by atoms with Gasteiger partial charge in [-0.1, -0.05) is 0 Å². The Morgan fingerprint density at radius 3 is 2.33 bits per heavy atom. The van der Waals surface area contributed by atoms with Gasteiger partial charge in [0, 0.05) is 10.7 Å². The quantitative estimate of drug-likeness (QED) is 0.505. The minimum atomic E-state index is -4.69. The number of hydrogen-bond acceptors (Lipinski definition) is 1. The van der Waals surface area contributed by atoms with Gasteiger partial charge < -0.3 is 0 Å². The molecule has 1 aromatic rings. The van der Waals surface area contributed by atoms with Crippen molar-refractivity contribution in [2.45, 2.75) is 6.18 Å². The molecule has 0 saturated heterocycles. The lowest BCUT2D eigenvalue weighted by Gasteiger charge is -2.06. The predicted octanol–water partition coefficient (Wildman–Crippen LogP) is 3.00. The van der Waals surface area contributed by atoms with Gasteiger partial charge in [0.2, 0.25) is 5.95 Å². The van der Waals surface area contributed by atoms with Crippen molar-refractivity contribution in [1.82, 2.24) is 4.98 Å². The predicted molar refractivity (Wildman–Crippen MR) is 36.9 cm³/mol. The summed E-state index contributed by atoms with van der Waals surface area (Å²) in [4.78, 5) is 2.91. The zero-order valence-electron chi connectivity index (χ0n) is 5.49. The van der Waals surface area contributed by atoms with Crippen molar-refractivity contribution < 1.29 is 17.6 Å². The lowest BCUT2D eigenvalue weighted by molar-refractivity contribution is -0.140. The maximum absolute atomic E-state index is 12.4. The third-order valence-electron chi connectivity index (χ3n) is 1.11. The molecule has 0 amide bonds. The zero-order chi connectivity index (χ0) is 9.35. The van der Waals surface area contributed by atoms with E-state index in [2.05, 4.69) is 20.9 Å². The van der Waals surface area contributed by atoms with Crippen LogP contribution in [0.5, 0.6) is 0 Å². The van der Waals surface area contributed by atoms with Crippen LogP contribution in [0.2, 0.25) is 0 Å². The fourth-order valence-corrected chi connectivity index (χ4v) is 0.953. The molecule has 0 aliphatic heterocycles. The average molecular weight is 244 g/mol. The zero-order valence-corrected chi connectivity index (χ0v) is 7.08. The molecule has 0 aliphatic carbocycles. The Labute approximate surface area is 73.5 Å². The summed E-state index contributed by atoms with van der Waals surface area (Å²) in [5, 5.41) is 0. The Morgan fingerprint density at radius 2 is 1.92 bits per heavy atom. The van der Waals surface area contributed by atoms with E-state index in [1.54, 1.807) is 0 Å². The highest BCUT2D eigenvalue weighted by molar-refractivity contribution is 9.10. The van der Waals surface area contributed by atoms with Crippen molar-refractivity contribution in [2.24, 2.45) is 0 Å². The second-order valence-corrected chi connectivity index (χ2v) is 2.91. The second kappa shape index (κ2) is 3.01. The molecular formula is C6H2BrF4N. The first-order valence-corrected chi connectivity index (χ1v) is 3.59. The Hall–Kier alpha value is -0.650. The molecule has 12 heavy (non-hydrogen) atoms. The van der Waals surface area contributed by atoms with Gasteiger partial charge in [-0.05, 0) is 22.0 Å². The van der Waals surface area contributed by atoms with Crippen LogP contribution in [0.25, 0.3) is 0 Å². The van der Waals surface area contributed by atoms with E-state index in [4.69, 9.17) is 0 Å². The van der Waals surface area contributed by atoms with Crippen LogP contribution in [-0.2, 0) is 6.18 Å². The first-order chi connectivity index (χ1) is 5.41. The maximum Gasteiger partial charge on any atom is 0.420 e. The van der Waals surface area contributed by atoms with Crippen LogP contribution in [-0.4, -0.2) is 4.98 Å². The first kappa shape index (κ1) is 9.44. The third kappa shape index (κ3) is 1.94. The summed E-state index contributed by atoms with van der Waals surface area (Å²) in [6.07, 6.45) is -3.73. The van der Waals surface area contributed by atoms with Gasteiger partial charge in [-0.25, -0.2) is 4.98 Å². The smallest absolute Gasteiger partial charge is 0.227 e. The fourth-order valence-electron chi connectivity index (χ4n) is 0.621. The summed E-state index contributed by atoms with van der Waals surface area (Å²) in [5.74, 6) is -1.51. The fraction of sp³-hybridized carbons (Fsp3) is 0.167. The summed E-state index contributed by atoms with van der Waals surface area (Å²) >= 11 is 2.76. The highest BCUT2D eigenvalue weighted by atomic mass is 79.9. The van der Waals surface area contributed by atoms with E-state index in [0.29, 0.717) is 6.07 Å². The molecule has 1 nitrogen and oxygen atoms in total. The largest absolute Gasteiger partial charge is 0.420 e. The Kier molecular flexibility index (Phi) is 2.36. The Balaban J connectivity index is 3.23. The van der Waals surface area contributed by atoms with Crippen molar-refractivity contribution in [2.75, 3.05) is 0 Å². The summed E-state index contributed by atoms with van der Waals surface area (Å²) < 4.78 is 48.3. The molecule has 0 saturated carbocycles. The highest BCUT2D eigenvalue weighted by Crippen LogP contribution is 2.31. The lowest BCUT2D eigenvalue weighted by atomic mass is 10.3. The van der Waals surface area contributed by atoms with Crippen molar-refractivity contribution >= 4 is 15.9 Å². The van der Waals surface area contributed by atoms with Gasteiger partial charge in [-0.15, -0.1) is 0 Å². The normalized spacial score (nSPS) is 11.8. The van der Waals surface area contributed by atoms with Crippen molar-refractivity contribution in [3.05, 3.63) is 28.2 Å². The Morgan fingerprint density at radius 1 is 1.33 bits per heavy atom. The second-order valence-electron chi connectivity index (χ2n) is 1.99. The number of alkyl halides is 3. The van der Waals surface area contributed by atoms with Gasteiger partial charge in [0.25, 0.3) is 0 Å². The average Bonchev–Trinajstić information content (AvgIpc) is 1.92. The first-order valence-electron chi connectivity index (χ1n) is 2.79. The van der Waals surface area contributed by atoms with Crippen LogP contribution >= 0.6 is 15.9 Å². The van der Waals surface area contributed by atoms with Crippen LogP contribution in [0.15, 0.2) is 16.7 Å². The maximum atomic E-state index is 12.4. The molecule has 6 heteroatoms.